The molecule has 1 aliphatic rings. The van der Waals surface area contributed by atoms with Crippen LogP contribution >= 0.6 is 15.9 Å². The van der Waals surface area contributed by atoms with Crippen LogP contribution in [0.1, 0.15) is 19.3 Å². The largest absolute Gasteiger partial charge is 0.396 e. The van der Waals surface area contributed by atoms with Crippen molar-refractivity contribution >= 4 is 33.0 Å². The Morgan fingerprint density at radius 3 is 3.11 bits per heavy atom. The number of nitrogens with two attached hydrogens (primary N) is 1. The fraction of sp³-hybridized carbons (Fsp3) is 0.462. The third-order valence-corrected chi connectivity index (χ3v) is 4.33. The van der Waals surface area contributed by atoms with E-state index in [9.17, 15) is 5.11 Å². The minimum Gasteiger partial charge on any atom is -0.396 e. The van der Waals surface area contributed by atoms with Crippen LogP contribution in [-0.2, 0) is 0 Å². The minimum atomic E-state index is 0.184. The summed E-state index contributed by atoms with van der Waals surface area (Å²) >= 11 is 3.47. The molecule has 102 valence electrons. The number of hydrogen-bond acceptors (Lipinski definition) is 4. The van der Waals surface area contributed by atoms with Gasteiger partial charge in [0.2, 0.25) is 0 Å². The summed E-state index contributed by atoms with van der Waals surface area (Å²) in [6.45, 7) is 1.14. The van der Waals surface area contributed by atoms with E-state index in [1.165, 1.54) is 6.42 Å². The Hall–Kier alpha value is -1.27. The highest BCUT2D eigenvalue weighted by Gasteiger charge is 2.23. The lowest BCUT2D eigenvalue weighted by Crippen LogP contribution is -2.42. The van der Waals surface area contributed by atoms with Gasteiger partial charge in [-0.05, 0) is 41.3 Å². The fourth-order valence-corrected chi connectivity index (χ4v) is 3.13. The van der Waals surface area contributed by atoms with E-state index in [2.05, 4.69) is 25.8 Å². The summed E-state index contributed by atoms with van der Waals surface area (Å²) in [5, 5.41) is 9.52. The van der Waals surface area contributed by atoms with Gasteiger partial charge in [-0.2, -0.15) is 0 Å². The van der Waals surface area contributed by atoms with Crippen LogP contribution in [0.4, 0.5) is 11.4 Å². The molecule has 0 radical (unpaired) electrons. The molecule has 0 aliphatic carbocycles. The van der Waals surface area contributed by atoms with E-state index in [4.69, 9.17) is 5.73 Å². The van der Waals surface area contributed by atoms with E-state index in [1.54, 1.807) is 6.20 Å². The molecule has 0 saturated carbocycles. The molecular weight excluding hydrogens is 308 g/mol. The van der Waals surface area contributed by atoms with Gasteiger partial charge in [-0.15, -0.1) is 0 Å². The molecule has 0 spiro atoms. The van der Waals surface area contributed by atoms with Crippen LogP contribution < -0.4 is 10.6 Å². The number of hydrogen-bond donors (Lipinski definition) is 2. The molecule has 0 aromatic carbocycles. The number of pyridine rings is 1. The van der Waals surface area contributed by atoms with Crippen molar-refractivity contribution in [2.75, 3.05) is 23.8 Å². The van der Waals surface area contributed by atoms with Crippen LogP contribution in [0.15, 0.2) is 23.1 Å². The smallest absolute Gasteiger partial charge is 0.161 e. The van der Waals surface area contributed by atoms with Crippen molar-refractivity contribution in [1.82, 2.24) is 9.38 Å². The van der Waals surface area contributed by atoms with Gasteiger partial charge in [0.05, 0.1) is 30.2 Å². The average Bonchev–Trinajstić information content (AvgIpc) is 2.81. The Kier molecular flexibility index (Phi) is 3.36. The zero-order chi connectivity index (χ0) is 13.4. The number of piperidine rings is 1. The number of imidazole rings is 1. The quantitative estimate of drug-likeness (QED) is 0.887. The Morgan fingerprint density at radius 2 is 2.32 bits per heavy atom. The molecule has 1 aliphatic heterocycles. The van der Waals surface area contributed by atoms with Gasteiger partial charge in [0.15, 0.2) is 5.65 Å². The Bertz CT molecular complexity index is 598. The van der Waals surface area contributed by atoms with Gasteiger partial charge in [-0.1, -0.05) is 0 Å². The van der Waals surface area contributed by atoms with Gasteiger partial charge in [-0.3, -0.25) is 4.40 Å². The van der Waals surface area contributed by atoms with Gasteiger partial charge < -0.3 is 15.7 Å². The molecule has 1 saturated heterocycles. The first-order valence-electron chi connectivity index (χ1n) is 6.50. The molecule has 0 amide bonds. The number of halogens is 1. The van der Waals surface area contributed by atoms with Gasteiger partial charge in [0.25, 0.3) is 0 Å². The molecule has 0 bridgehead atoms. The molecule has 1 unspecified atom stereocenters. The molecule has 1 atom stereocenters. The van der Waals surface area contributed by atoms with Crippen molar-refractivity contribution in [3.05, 3.63) is 23.1 Å². The van der Waals surface area contributed by atoms with Crippen LogP contribution in [0.3, 0.4) is 0 Å². The molecule has 3 N–H and O–H groups in total. The predicted molar refractivity (Wildman–Crippen MR) is 79.4 cm³/mol. The number of anilines is 2. The van der Waals surface area contributed by atoms with Gasteiger partial charge in [-0.25, -0.2) is 4.98 Å². The van der Waals surface area contributed by atoms with E-state index < -0.39 is 0 Å². The zero-order valence-electron chi connectivity index (χ0n) is 10.6. The van der Waals surface area contributed by atoms with E-state index in [0.29, 0.717) is 5.69 Å². The normalized spacial score (nSPS) is 20.1. The van der Waals surface area contributed by atoms with Crippen molar-refractivity contribution in [1.29, 1.82) is 0 Å². The lowest BCUT2D eigenvalue weighted by Gasteiger charge is -2.36. The van der Waals surface area contributed by atoms with Crippen molar-refractivity contribution < 1.29 is 5.11 Å². The highest BCUT2D eigenvalue weighted by Crippen LogP contribution is 2.29. The Labute approximate surface area is 120 Å². The minimum absolute atomic E-state index is 0.184. The van der Waals surface area contributed by atoms with Crippen LogP contribution in [0.5, 0.6) is 0 Å². The van der Waals surface area contributed by atoms with E-state index >= 15 is 0 Å². The predicted octanol–water partition coefficient (Wildman–Crippen LogP) is 2.03. The van der Waals surface area contributed by atoms with E-state index in [-0.39, 0.29) is 12.6 Å². The Balaban J connectivity index is 2.06. The van der Waals surface area contributed by atoms with E-state index in [0.717, 1.165) is 35.3 Å². The molecule has 5 nitrogen and oxygen atoms in total. The van der Waals surface area contributed by atoms with Gasteiger partial charge in [0, 0.05) is 12.7 Å². The maximum atomic E-state index is 9.52. The summed E-state index contributed by atoms with van der Waals surface area (Å²) in [5.41, 5.74) is 8.53. The average molecular weight is 325 g/mol. The number of rotatable bonds is 2. The molecule has 19 heavy (non-hydrogen) atoms. The van der Waals surface area contributed by atoms with Crippen LogP contribution in [0, 0.1) is 0 Å². The summed E-state index contributed by atoms with van der Waals surface area (Å²) in [5.74, 6) is 0. The Morgan fingerprint density at radius 1 is 1.47 bits per heavy atom. The van der Waals surface area contributed by atoms with E-state index in [1.807, 2.05) is 16.7 Å². The van der Waals surface area contributed by atoms with Crippen molar-refractivity contribution in [3.63, 3.8) is 0 Å². The monoisotopic (exact) mass is 324 g/mol. The highest BCUT2D eigenvalue weighted by molar-refractivity contribution is 9.10. The number of fused-ring (bicyclic) bond motifs is 1. The second kappa shape index (κ2) is 5.02. The molecule has 3 heterocycles. The van der Waals surface area contributed by atoms with Gasteiger partial charge >= 0.3 is 0 Å². The summed E-state index contributed by atoms with van der Waals surface area (Å²) in [4.78, 5) is 6.51. The maximum absolute atomic E-state index is 9.52. The number of nitrogens with zero attached hydrogens (tertiary/aromatic N) is 3. The van der Waals surface area contributed by atoms with Crippen molar-refractivity contribution in [2.45, 2.75) is 25.3 Å². The summed E-state index contributed by atoms with van der Waals surface area (Å²) < 4.78 is 2.82. The third-order valence-electron chi connectivity index (χ3n) is 3.74. The first-order valence-corrected chi connectivity index (χ1v) is 7.29. The first kappa shape index (κ1) is 12.7. The molecule has 6 heteroatoms. The van der Waals surface area contributed by atoms with Crippen LogP contribution in [0.25, 0.3) is 5.65 Å². The SMILES string of the molecule is Nc1cc(N2CCCCC2CO)cn2c(Br)cnc12. The third kappa shape index (κ3) is 2.19. The summed E-state index contributed by atoms with van der Waals surface area (Å²) in [6.07, 6.45) is 7.12. The zero-order valence-corrected chi connectivity index (χ0v) is 12.2. The number of aromatic nitrogens is 2. The lowest BCUT2D eigenvalue weighted by atomic mass is 10.0. The summed E-state index contributed by atoms with van der Waals surface area (Å²) in [7, 11) is 0. The molecular formula is C13H17BrN4O. The maximum Gasteiger partial charge on any atom is 0.161 e. The number of aliphatic hydroxyl groups excluding tert-OH is 1. The fourth-order valence-electron chi connectivity index (χ4n) is 2.76. The standard InChI is InChI=1S/C13H17BrN4O/c14-12-6-16-13-11(15)5-10(7-18(12)13)17-4-2-1-3-9(17)8-19/h5-7,9,19H,1-4,8,15H2. The highest BCUT2D eigenvalue weighted by atomic mass is 79.9. The van der Waals surface area contributed by atoms with Crippen molar-refractivity contribution in [2.24, 2.45) is 0 Å². The second-order valence-electron chi connectivity index (χ2n) is 4.95. The lowest BCUT2D eigenvalue weighted by molar-refractivity contribution is 0.240. The molecule has 2 aromatic heterocycles. The number of aliphatic hydroxyl groups is 1. The van der Waals surface area contributed by atoms with Crippen LogP contribution in [0.2, 0.25) is 0 Å². The van der Waals surface area contributed by atoms with Crippen LogP contribution in [-0.4, -0.2) is 33.7 Å². The van der Waals surface area contributed by atoms with Gasteiger partial charge in [0.1, 0.15) is 4.60 Å². The summed E-state index contributed by atoms with van der Waals surface area (Å²) in [6, 6.07) is 2.14. The topological polar surface area (TPSA) is 66.8 Å². The van der Waals surface area contributed by atoms with Crippen molar-refractivity contribution in [3.8, 4) is 0 Å². The molecule has 1 fully saturated rings. The molecule has 2 aromatic rings. The molecule has 3 rings (SSSR count). The first-order chi connectivity index (χ1) is 9.20. The second-order valence-corrected chi connectivity index (χ2v) is 5.77. The number of nitrogen functional groups attached to an aromatic ring is 1.